The summed E-state index contributed by atoms with van der Waals surface area (Å²) in [5.74, 6) is -0.208. The summed E-state index contributed by atoms with van der Waals surface area (Å²) in [5.41, 5.74) is -0.892. The van der Waals surface area contributed by atoms with E-state index in [0.29, 0.717) is 6.54 Å². The number of carbonyl (C=O) groups excluding carboxylic acids is 1. The molecule has 0 radical (unpaired) electrons. The molecule has 1 aliphatic heterocycles. The summed E-state index contributed by atoms with van der Waals surface area (Å²) in [6.07, 6.45) is 2.74. The highest BCUT2D eigenvalue weighted by Crippen LogP contribution is 2.15. The molecule has 8 heteroatoms. The van der Waals surface area contributed by atoms with Gasteiger partial charge in [-0.1, -0.05) is 13.8 Å². The Morgan fingerprint density at radius 2 is 2.14 bits per heavy atom. The van der Waals surface area contributed by atoms with E-state index in [1.807, 2.05) is 18.7 Å². The standard InChI is InChI=1S/C14H26N4O3S/c1-11(2)14(3,10-15)16-13(19)9-18-7-5-6-12(8-18)17-22(4,20)21/h11-12,17H,5-9H2,1-4H3,(H,16,19)/t12-,14-/m1/s1. The molecule has 0 bridgehead atoms. The first kappa shape index (κ1) is 18.9. The van der Waals surface area contributed by atoms with Crippen molar-refractivity contribution in [2.24, 2.45) is 5.92 Å². The second kappa shape index (κ2) is 7.40. The third kappa shape index (κ3) is 5.91. The van der Waals surface area contributed by atoms with Crippen LogP contribution in [-0.4, -0.2) is 56.7 Å². The summed E-state index contributed by atoms with van der Waals surface area (Å²) in [6.45, 7) is 6.91. The lowest BCUT2D eigenvalue weighted by Crippen LogP contribution is -2.54. The summed E-state index contributed by atoms with van der Waals surface area (Å²) in [7, 11) is -3.24. The molecule has 0 unspecified atom stereocenters. The van der Waals surface area contributed by atoms with Gasteiger partial charge in [-0.25, -0.2) is 13.1 Å². The highest BCUT2D eigenvalue weighted by molar-refractivity contribution is 7.88. The van der Waals surface area contributed by atoms with Crippen LogP contribution >= 0.6 is 0 Å². The number of likely N-dealkylation sites (tertiary alicyclic amines) is 1. The number of piperidine rings is 1. The van der Waals surface area contributed by atoms with E-state index in [4.69, 9.17) is 0 Å². The largest absolute Gasteiger partial charge is 0.337 e. The zero-order chi connectivity index (χ0) is 17.0. The first-order valence-electron chi connectivity index (χ1n) is 7.47. The van der Waals surface area contributed by atoms with Crippen LogP contribution in [-0.2, 0) is 14.8 Å². The Morgan fingerprint density at radius 3 is 2.64 bits per heavy atom. The Morgan fingerprint density at radius 1 is 1.50 bits per heavy atom. The maximum Gasteiger partial charge on any atom is 0.235 e. The van der Waals surface area contributed by atoms with Crippen molar-refractivity contribution in [1.82, 2.24) is 14.9 Å². The van der Waals surface area contributed by atoms with Gasteiger partial charge < -0.3 is 5.32 Å². The lowest BCUT2D eigenvalue weighted by atomic mass is 9.90. The summed E-state index contributed by atoms with van der Waals surface area (Å²) in [5, 5.41) is 12.0. The molecule has 1 fully saturated rings. The molecule has 22 heavy (non-hydrogen) atoms. The molecular weight excluding hydrogens is 304 g/mol. The average Bonchev–Trinajstić information content (AvgIpc) is 2.36. The summed E-state index contributed by atoms with van der Waals surface area (Å²) in [4.78, 5) is 14.1. The number of hydrogen-bond acceptors (Lipinski definition) is 5. The molecule has 1 rings (SSSR count). The van der Waals surface area contributed by atoms with E-state index in [0.717, 1.165) is 25.6 Å². The minimum Gasteiger partial charge on any atom is -0.337 e. The van der Waals surface area contributed by atoms with Gasteiger partial charge in [0, 0.05) is 12.6 Å². The van der Waals surface area contributed by atoms with Gasteiger partial charge in [-0.2, -0.15) is 5.26 Å². The van der Waals surface area contributed by atoms with Crippen molar-refractivity contribution in [2.75, 3.05) is 25.9 Å². The lowest BCUT2D eigenvalue weighted by Gasteiger charge is -2.33. The van der Waals surface area contributed by atoms with Gasteiger partial charge in [0.05, 0.1) is 18.9 Å². The molecule has 0 aromatic heterocycles. The van der Waals surface area contributed by atoms with Crippen molar-refractivity contribution < 1.29 is 13.2 Å². The van der Waals surface area contributed by atoms with Crippen LogP contribution in [0.15, 0.2) is 0 Å². The normalized spacial score (nSPS) is 22.8. The van der Waals surface area contributed by atoms with Gasteiger partial charge in [-0.05, 0) is 32.2 Å². The van der Waals surface area contributed by atoms with Gasteiger partial charge in [0.25, 0.3) is 0 Å². The van der Waals surface area contributed by atoms with Gasteiger partial charge >= 0.3 is 0 Å². The number of hydrogen-bond donors (Lipinski definition) is 2. The first-order valence-corrected chi connectivity index (χ1v) is 9.37. The Labute approximate surface area is 133 Å². The fourth-order valence-electron chi connectivity index (χ4n) is 2.43. The zero-order valence-corrected chi connectivity index (χ0v) is 14.5. The molecule has 7 nitrogen and oxygen atoms in total. The van der Waals surface area contributed by atoms with Crippen LogP contribution in [0.1, 0.15) is 33.6 Å². The number of nitrogens with zero attached hydrogens (tertiary/aromatic N) is 2. The Kier molecular flexibility index (Phi) is 6.35. The van der Waals surface area contributed by atoms with E-state index < -0.39 is 15.6 Å². The number of nitrogens with one attached hydrogen (secondary N) is 2. The van der Waals surface area contributed by atoms with Crippen LogP contribution in [0, 0.1) is 17.2 Å². The number of carbonyl (C=O) groups is 1. The number of nitriles is 1. The first-order chi connectivity index (χ1) is 10.1. The zero-order valence-electron chi connectivity index (χ0n) is 13.7. The third-order valence-electron chi connectivity index (χ3n) is 4.04. The van der Waals surface area contributed by atoms with Crippen molar-refractivity contribution in [3.8, 4) is 6.07 Å². The maximum absolute atomic E-state index is 12.1. The van der Waals surface area contributed by atoms with Gasteiger partial charge in [-0.3, -0.25) is 9.69 Å². The quantitative estimate of drug-likeness (QED) is 0.717. The van der Waals surface area contributed by atoms with Gasteiger partial charge in [-0.15, -0.1) is 0 Å². The SMILES string of the molecule is CC(C)[C@@](C)(C#N)NC(=O)CN1CCC[C@@H](NS(C)(=O)=O)C1. The van der Waals surface area contributed by atoms with Crippen molar-refractivity contribution >= 4 is 15.9 Å². The molecule has 2 atom stereocenters. The molecule has 0 aromatic rings. The predicted octanol–water partition coefficient (Wildman–Crippen LogP) is 0.0545. The van der Waals surface area contributed by atoms with E-state index in [9.17, 15) is 18.5 Å². The monoisotopic (exact) mass is 330 g/mol. The predicted molar refractivity (Wildman–Crippen MR) is 84.4 cm³/mol. The van der Waals surface area contributed by atoms with E-state index in [-0.39, 0.29) is 24.4 Å². The average molecular weight is 330 g/mol. The van der Waals surface area contributed by atoms with Gasteiger partial charge in [0.1, 0.15) is 5.54 Å². The minimum atomic E-state index is -3.24. The molecule has 126 valence electrons. The van der Waals surface area contributed by atoms with Crippen molar-refractivity contribution in [3.63, 3.8) is 0 Å². The van der Waals surface area contributed by atoms with E-state index in [2.05, 4.69) is 16.1 Å². The fourth-order valence-corrected chi connectivity index (χ4v) is 3.23. The van der Waals surface area contributed by atoms with Crippen LogP contribution in [0.5, 0.6) is 0 Å². The number of rotatable bonds is 6. The molecule has 1 heterocycles. The molecule has 1 aliphatic rings. The third-order valence-corrected chi connectivity index (χ3v) is 4.80. The Hall–Kier alpha value is -1.17. The summed E-state index contributed by atoms with van der Waals surface area (Å²) >= 11 is 0. The van der Waals surface area contributed by atoms with Crippen molar-refractivity contribution in [2.45, 2.75) is 45.2 Å². The van der Waals surface area contributed by atoms with Crippen LogP contribution in [0.4, 0.5) is 0 Å². The molecule has 0 spiro atoms. The highest BCUT2D eigenvalue weighted by atomic mass is 32.2. The van der Waals surface area contributed by atoms with Crippen LogP contribution in [0.3, 0.4) is 0 Å². The van der Waals surface area contributed by atoms with Crippen LogP contribution < -0.4 is 10.0 Å². The Bertz CT molecular complexity index is 541. The number of amides is 1. The van der Waals surface area contributed by atoms with E-state index >= 15 is 0 Å². The minimum absolute atomic E-state index is 0.00227. The summed E-state index contributed by atoms with van der Waals surface area (Å²) in [6, 6.07) is 1.98. The fraction of sp³-hybridized carbons (Fsp3) is 0.857. The molecule has 0 aliphatic carbocycles. The molecular formula is C14H26N4O3S. The Balaban J connectivity index is 2.56. The molecule has 0 saturated carbocycles. The summed E-state index contributed by atoms with van der Waals surface area (Å²) < 4.78 is 25.2. The smallest absolute Gasteiger partial charge is 0.235 e. The second-order valence-electron chi connectivity index (χ2n) is 6.48. The van der Waals surface area contributed by atoms with Crippen LogP contribution in [0.25, 0.3) is 0 Å². The molecule has 1 amide bonds. The van der Waals surface area contributed by atoms with Crippen LogP contribution in [0.2, 0.25) is 0 Å². The lowest BCUT2D eigenvalue weighted by molar-refractivity contribution is -0.124. The maximum atomic E-state index is 12.1. The van der Waals surface area contributed by atoms with Crippen molar-refractivity contribution in [3.05, 3.63) is 0 Å². The number of sulfonamides is 1. The van der Waals surface area contributed by atoms with E-state index in [1.165, 1.54) is 0 Å². The molecule has 2 N–H and O–H groups in total. The van der Waals surface area contributed by atoms with Gasteiger partial charge in [0.15, 0.2) is 0 Å². The topological polar surface area (TPSA) is 102 Å². The molecule has 1 saturated heterocycles. The molecule has 0 aromatic carbocycles. The van der Waals surface area contributed by atoms with E-state index in [1.54, 1.807) is 6.92 Å². The second-order valence-corrected chi connectivity index (χ2v) is 8.26. The van der Waals surface area contributed by atoms with Gasteiger partial charge in [0.2, 0.25) is 15.9 Å². The highest BCUT2D eigenvalue weighted by Gasteiger charge is 2.31. The van der Waals surface area contributed by atoms with Crippen molar-refractivity contribution in [1.29, 1.82) is 5.26 Å².